The molecule has 2 unspecified atom stereocenters. The third-order valence-corrected chi connectivity index (χ3v) is 4.32. The van der Waals surface area contributed by atoms with Gasteiger partial charge in [-0.2, -0.15) is 0 Å². The largest absolute Gasteiger partial charge is 0.467 e. The zero-order chi connectivity index (χ0) is 13.2. The number of carbonyl (C=O) groups is 2. The van der Waals surface area contributed by atoms with Crippen molar-refractivity contribution in [2.45, 2.75) is 38.6 Å². The monoisotopic (exact) mass is 290 g/mol. The minimum atomic E-state index is -0.498. The molecule has 2 atom stereocenters. The van der Waals surface area contributed by atoms with Crippen LogP contribution >= 0.6 is 12.4 Å². The Morgan fingerprint density at radius 1 is 1.42 bits per heavy atom. The molecule has 1 saturated carbocycles. The normalized spacial score (nSPS) is 25.1. The topological polar surface area (TPSA) is 67.4 Å². The number of hydrogen-bond acceptors (Lipinski definition) is 4. The lowest BCUT2D eigenvalue weighted by molar-refractivity contribution is -0.145. The van der Waals surface area contributed by atoms with Crippen LogP contribution in [-0.4, -0.2) is 38.1 Å². The first kappa shape index (κ1) is 16.2. The van der Waals surface area contributed by atoms with E-state index in [2.05, 4.69) is 15.4 Å². The van der Waals surface area contributed by atoms with E-state index in [-0.39, 0.29) is 35.6 Å². The average Bonchev–Trinajstić information content (AvgIpc) is 3.09. The highest BCUT2D eigenvalue weighted by molar-refractivity contribution is 5.87. The lowest BCUT2D eigenvalue weighted by atomic mass is 9.91. The van der Waals surface area contributed by atoms with Gasteiger partial charge in [0.25, 0.3) is 0 Å². The zero-order valence-corrected chi connectivity index (χ0v) is 12.3. The van der Waals surface area contributed by atoms with E-state index >= 15 is 0 Å². The van der Waals surface area contributed by atoms with Gasteiger partial charge in [-0.25, -0.2) is 4.79 Å². The molecule has 1 aliphatic heterocycles. The Kier molecular flexibility index (Phi) is 5.62. The summed E-state index contributed by atoms with van der Waals surface area (Å²) < 4.78 is 4.68. The van der Waals surface area contributed by atoms with Gasteiger partial charge in [-0.15, -0.1) is 12.4 Å². The van der Waals surface area contributed by atoms with E-state index in [1.54, 1.807) is 0 Å². The van der Waals surface area contributed by atoms with Crippen LogP contribution in [-0.2, 0) is 14.3 Å². The minimum Gasteiger partial charge on any atom is -0.467 e. The standard InChI is InChI=1S/C13H22N2O3.ClH/c1-3-10(12(17)18-2)15-11(16)9-8-13(9)4-6-14-7-5-13;/h9-10,14H,3-8H2,1-2H3,(H,15,16);1H. The molecule has 0 bridgehead atoms. The zero-order valence-electron chi connectivity index (χ0n) is 11.5. The van der Waals surface area contributed by atoms with Crippen molar-refractivity contribution in [1.82, 2.24) is 10.6 Å². The SMILES string of the molecule is CCC(NC(=O)C1CC12CCNCC2)C(=O)OC.Cl. The molecule has 1 amide bonds. The summed E-state index contributed by atoms with van der Waals surface area (Å²) in [7, 11) is 1.35. The van der Waals surface area contributed by atoms with Crippen LogP contribution in [0.3, 0.4) is 0 Å². The van der Waals surface area contributed by atoms with Gasteiger partial charge in [0.15, 0.2) is 0 Å². The van der Waals surface area contributed by atoms with E-state index in [1.807, 2.05) is 6.92 Å². The second kappa shape index (κ2) is 6.57. The van der Waals surface area contributed by atoms with Gasteiger partial charge in [0.1, 0.15) is 6.04 Å². The van der Waals surface area contributed by atoms with Crippen molar-refractivity contribution < 1.29 is 14.3 Å². The van der Waals surface area contributed by atoms with Crippen molar-refractivity contribution in [3.63, 3.8) is 0 Å². The van der Waals surface area contributed by atoms with E-state index in [1.165, 1.54) is 7.11 Å². The molecule has 2 fully saturated rings. The van der Waals surface area contributed by atoms with E-state index in [0.717, 1.165) is 32.4 Å². The van der Waals surface area contributed by atoms with Gasteiger partial charge < -0.3 is 15.4 Å². The minimum absolute atomic E-state index is 0. The number of methoxy groups -OCH3 is 1. The third kappa shape index (κ3) is 3.39. The Labute approximate surface area is 120 Å². The van der Waals surface area contributed by atoms with E-state index in [9.17, 15) is 9.59 Å². The highest BCUT2D eigenvalue weighted by atomic mass is 35.5. The summed E-state index contributed by atoms with van der Waals surface area (Å²) in [4.78, 5) is 23.6. The maximum atomic E-state index is 12.1. The molecule has 0 aromatic carbocycles. The van der Waals surface area contributed by atoms with Crippen molar-refractivity contribution in [2.24, 2.45) is 11.3 Å². The summed E-state index contributed by atoms with van der Waals surface area (Å²) in [5.41, 5.74) is 0.212. The Bertz CT molecular complexity index is 343. The third-order valence-electron chi connectivity index (χ3n) is 4.32. The maximum absolute atomic E-state index is 12.1. The van der Waals surface area contributed by atoms with Crippen LogP contribution in [0.1, 0.15) is 32.6 Å². The number of carbonyl (C=O) groups excluding carboxylic acids is 2. The van der Waals surface area contributed by atoms with Crippen LogP contribution in [0.4, 0.5) is 0 Å². The van der Waals surface area contributed by atoms with Crippen molar-refractivity contribution in [3.8, 4) is 0 Å². The van der Waals surface area contributed by atoms with Gasteiger partial charge in [0.05, 0.1) is 7.11 Å². The fourth-order valence-electron chi connectivity index (χ4n) is 2.94. The van der Waals surface area contributed by atoms with Gasteiger partial charge in [-0.3, -0.25) is 4.79 Å². The first-order chi connectivity index (χ1) is 8.63. The number of hydrogen-bond donors (Lipinski definition) is 2. The summed E-state index contributed by atoms with van der Waals surface area (Å²) in [5, 5.41) is 6.13. The van der Waals surface area contributed by atoms with Crippen LogP contribution in [0.25, 0.3) is 0 Å². The van der Waals surface area contributed by atoms with Crippen LogP contribution in [0, 0.1) is 11.3 Å². The second-order valence-corrected chi connectivity index (χ2v) is 5.36. The molecular weight excluding hydrogens is 268 g/mol. The van der Waals surface area contributed by atoms with E-state index in [0.29, 0.717) is 6.42 Å². The van der Waals surface area contributed by atoms with Crippen LogP contribution < -0.4 is 10.6 Å². The number of amides is 1. The molecule has 19 heavy (non-hydrogen) atoms. The average molecular weight is 291 g/mol. The molecule has 2 aliphatic rings. The fourth-order valence-corrected chi connectivity index (χ4v) is 2.94. The number of rotatable bonds is 4. The summed E-state index contributed by atoms with van der Waals surface area (Å²) in [6.07, 6.45) is 3.68. The molecule has 0 radical (unpaired) electrons. The first-order valence-electron chi connectivity index (χ1n) is 6.72. The molecular formula is C13H23ClN2O3. The summed E-state index contributed by atoms with van der Waals surface area (Å²) in [6, 6.07) is -0.498. The fraction of sp³-hybridized carbons (Fsp3) is 0.846. The molecule has 2 rings (SSSR count). The number of piperidine rings is 1. The Morgan fingerprint density at radius 2 is 2.05 bits per heavy atom. The highest BCUT2D eigenvalue weighted by Gasteiger charge is 2.57. The number of nitrogens with one attached hydrogen (secondary N) is 2. The molecule has 0 aromatic heterocycles. The van der Waals surface area contributed by atoms with Crippen LogP contribution in [0.15, 0.2) is 0 Å². The van der Waals surface area contributed by atoms with Crippen LogP contribution in [0.5, 0.6) is 0 Å². The predicted molar refractivity (Wildman–Crippen MR) is 74.1 cm³/mol. The predicted octanol–water partition coefficient (Wildman–Crippen LogP) is 0.866. The molecule has 1 heterocycles. The van der Waals surface area contributed by atoms with Crippen molar-refractivity contribution in [3.05, 3.63) is 0 Å². The lowest BCUT2D eigenvalue weighted by Crippen LogP contribution is -2.43. The highest BCUT2D eigenvalue weighted by Crippen LogP contribution is 2.58. The molecule has 110 valence electrons. The number of ether oxygens (including phenoxy) is 1. The molecule has 1 spiro atoms. The molecule has 1 saturated heterocycles. The summed E-state index contributed by atoms with van der Waals surface area (Å²) in [6.45, 7) is 3.87. The van der Waals surface area contributed by atoms with E-state index in [4.69, 9.17) is 0 Å². The van der Waals surface area contributed by atoms with Gasteiger partial charge in [0.2, 0.25) is 5.91 Å². The summed E-state index contributed by atoms with van der Waals surface area (Å²) in [5.74, 6) is -0.238. The second-order valence-electron chi connectivity index (χ2n) is 5.36. The summed E-state index contributed by atoms with van der Waals surface area (Å²) >= 11 is 0. The van der Waals surface area contributed by atoms with E-state index < -0.39 is 6.04 Å². The number of esters is 1. The van der Waals surface area contributed by atoms with Crippen LogP contribution in [0.2, 0.25) is 0 Å². The van der Waals surface area contributed by atoms with Gasteiger partial charge in [-0.1, -0.05) is 6.92 Å². The van der Waals surface area contributed by atoms with Crippen molar-refractivity contribution >= 4 is 24.3 Å². The Morgan fingerprint density at radius 3 is 2.58 bits per heavy atom. The Balaban J connectivity index is 0.00000180. The quantitative estimate of drug-likeness (QED) is 0.754. The van der Waals surface area contributed by atoms with Gasteiger partial charge in [0, 0.05) is 5.92 Å². The molecule has 0 aromatic rings. The first-order valence-corrected chi connectivity index (χ1v) is 6.72. The molecule has 1 aliphatic carbocycles. The van der Waals surface area contributed by atoms with Crippen molar-refractivity contribution in [2.75, 3.05) is 20.2 Å². The van der Waals surface area contributed by atoms with Crippen molar-refractivity contribution in [1.29, 1.82) is 0 Å². The van der Waals surface area contributed by atoms with Gasteiger partial charge in [-0.05, 0) is 44.2 Å². The molecule has 6 heteroatoms. The molecule has 5 nitrogen and oxygen atoms in total. The molecule has 2 N–H and O–H groups in total. The van der Waals surface area contributed by atoms with Gasteiger partial charge >= 0.3 is 5.97 Å². The Hall–Kier alpha value is -0.810. The smallest absolute Gasteiger partial charge is 0.328 e. The lowest BCUT2D eigenvalue weighted by Gasteiger charge is -2.23. The maximum Gasteiger partial charge on any atom is 0.328 e. The number of halogens is 1.